The molecule has 1 aliphatic rings. The highest BCUT2D eigenvalue weighted by Gasteiger charge is 2.23. The normalized spacial score (nSPS) is 18.2. The van der Waals surface area contributed by atoms with Gasteiger partial charge in [-0.15, -0.1) is 0 Å². The van der Waals surface area contributed by atoms with Gasteiger partial charge in [0.25, 0.3) is 0 Å². The quantitative estimate of drug-likeness (QED) is 0.905. The van der Waals surface area contributed by atoms with Gasteiger partial charge >= 0.3 is 0 Å². The molecular formula is C17H25ClN2O2. The van der Waals surface area contributed by atoms with Crippen LogP contribution in [0.25, 0.3) is 0 Å². The van der Waals surface area contributed by atoms with E-state index < -0.39 is 6.10 Å². The Labute approximate surface area is 137 Å². The Hall–Kier alpha value is -1.10. The van der Waals surface area contributed by atoms with Crippen LogP contribution in [0.4, 0.5) is 0 Å². The fraction of sp³-hybridized carbons (Fsp3) is 0.588. The monoisotopic (exact) mass is 324 g/mol. The minimum Gasteiger partial charge on any atom is -0.387 e. The number of hydrogen-bond donors (Lipinski definition) is 1. The molecule has 4 nitrogen and oxygen atoms in total. The number of likely N-dealkylation sites (tertiary alicyclic amines) is 1. The molecule has 2 rings (SSSR count). The Balaban J connectivity index is 1.78. The lowest BCUT2D eigenvalue weighted by atomic mass is 9.92. The van der Waals surface area contributed by atoms with Crippen molar-refractivity contribution in [3.8, 4) is 0 Å². The number of aliphatic hydroxyl groups is 1. The first-order chi connectivity index (χ1) is 10.5. The Kier molecular flexibility index (Phi) is 6.24. The van der Waals surface area contributed by atoms with Crippen molar-refractivity contribution in [1.29, 1.82) is 0 Å². The van der Waals surface area contributed by atoms with Crippen LogP contribution >= 0.6 is 11.6 Å². The number of amides is 1. The van der Waals surface area contributed by atoms with Crippen LogP contribution in [0.5, 0.6) is 0 Å². The second-order valence-corrected chi connectivity index (χ2v) is 6.74. The van der Waals surface area contributed by atoms with Crippen molar-refractivity contribution in [3.63, 3.8) is 0 Å². The topological polar surface area (TPSA) is 43.8 Å². The third kappa shape index (κ3) is 4.97. The lowest BCUT2D eigenvalue weighted by Crippen LogP contribution is -2.38. The van der Waals surface area contributed by atoms with Crippen molar-refractivity contribution in [2.24, 2.45) is 5.92 Å². The van der Waals surface area contributed by atoms with Crippen LogP contribution in [0.3, 0.4) is 0 Å². The molecule has 1 saturated heterocycles. The minimum absolute atomic E-state index is 0.206. The number of nitrogens with zero attached hydrogens (tertiary/aromatic N) is 2. The summed E-state index contributed by atoms with van der Waals surface area (Å²) in [5.74, 6) is 0.673. The van der Waals surface area contributed by atoms with E-state index in [0.29, 0.717) is 23.9 Å². The first kappa shape index (κ1) is 17.3. The second-order valence-electron chi connectivity index (χ2n) is 6.31. The van der Waals surface area contributed by atoms with E-state index in [1.165, 1.54) is 0 Å². The van der Waals surface area contributed by atoms with E-state index in [4.69, 9.17) is 11.6 Å². The van der Waals surface area contributed by atoms with Crippen LogP contribution in [0.15, 0.2) is 24.3 Å². The lowest BCUT2D eigenvalue weighted by molar-refractivity contribution is -0.130. The van der Waals surface area contributed by atoms with Crippen molar-refractivity contribution >= 4 is 17.5 Å². The van der Waals surface area contributed by atoms with Gasteiger partial charge in [-0.1, -0.05) is 23.7 Å². The highest BCUT2D eigenvalue weighted by Crippen LogP contribution is 2.24. The summed E-state index contributed by atoms with van der Waals surface area (Å²) in [5, 5.41) is 11.0. The first-order valence-electron chi connectivity index (χ1n) is 7.81. The SMILES string of the molecule is CN(C)C(=O)CC1CCN(CC(O)c2cccc(Cl)c2)CC1. The van der Waals surface area contributed by atoms with Gasteiger partial charge in [-0.25, -0.2) is 0 Å². The zero-order chi connectivity index (χ0) is 16.1. The average molecular weight is 325 g/mol. The van der Waals surface area contributed by atoms with Crippen molar-refractivity contribution < 1.29 is 9.90 Å². The zero-order valence-corrected chi connectivity index (χ0v) is 14.1. The molecule has 1 unspecified atom stereocenters. The van der Waals surface area contributed by atoms with Crippen molar-refractivity contribution in [2.75, 3.05) is 33.7 Å². The summed E-state index contributed by atoms with van der Waals surface area (Å²) < 4.78 is 0. The Morgan fingerprint density at radius 1 is 1.41 bits per heavy atom. The molecule has 1 atom stereocenters. The second kappa shape index (κ2) is 7.95. The summed E-state index contributed by atoms with van der Waals surface area (Å²) in [6, 6.07) is 7.39. The van der Waals surface area contributed by atoms with Gasteiger partial charge in [0, 0.05) is 32.1 Å². The average Bonchev–Trinajstić information content (AvgIpc) is 2.49. The molecule has 1 aliphatic heterocycles. The number of rotatable bonds is 5. The summed E-state index contributed by atoms with van der Waals surface area (Å²) in [6.45, 7) is 2.49. The molecule has 22 heavy (non-hydrogen) atoms. The standard InChI is InChI=1S/C17H25ClN2O2/c1-19(2)17(22)10-13-6-8-20(9-7-13)12-16(21)14-4-3-5-15(18)11-14/h3-5,11,13,16,21H,6-10,12H2,1-2H3. The number of halogens is 1. The molecule has 1 N–H and O–H groups in total. The van der Waals surface area contributed by atoms with Gasteiger partial charge in [-0.2, -0.15) is 0 Å². The molecule has 0 radical (unpaired) electrons. The van der Waals surface area contributed by atoms with Crippen LogP contribution in [0.2, 0.25) is 5.02 Å². The van der Waals surface area contributed by atoms with Gasteiger partial charge in [0.05, 0.1) is 6.10 Å². The van der Waals surface area contributed by atoms with E-state index >= 15 is 0 Å². The van der Waals surface area contributed by atoms with E-state index in [2.05, 4.69) is 4.90 Å². The van der Waals surface area contributed by atoms with E-state index in [1.807, 2.05) is 24.3 Å². The molecule has 0 aromatic heterocycles. The summed E-state index contributed by atoms with van der Waals surface area (Å²) in [5.41, 5.74) is 0.859. The van der Waals surface area contributed by atoms with Crippen LogP contribution in [-0.4, -0.2) is 54.5 Å². The molecule has 5 heteroatoms. The summed E-state index contributed by atoms with van der Waals surface area (Å²) in [7, 11) is 3.61. The van der Waals surface area contributed by atoms with Crippen LogP contribution < -0.4 is 0 Å². The number of β-amino-alcohol motifs (C(OH)–C–C–N with tert-alkyl or cyclic N) is 1. The van der Waals surface area contributed by atoms with Gasteiger partial charge in [-0.3, -0.25) is 4.79 Å². The molecule has 0 aliphatic carbocycles. The highest BCUT2D eigenvalue weighted by atomic mass is 35.5. The van der Waals surface area contributed by atoms with Gasteiger partial charge in [-0.05, 0) is 49.5 Å². The Morgan fingerprint density at radius 3 is 2.68 bits per heavy atom. The van der Waals surface area contributed by atoms with E-state index in [9.17, 15) is 9.90 Å². The zero-order valence-electron chi connectivity index (χ0n) is 13.3. The van der Waals surface area contributed by atoms with Crippen molar-refractivity contribution in [3.05, 3.63) is 34.9 Å². The fourth-order valence-corrected chi connectivity index (χ4v) is 3.07. The Morgan fingerprint density at radius 2 is 2.09 bits per heavy atom. The number of carbonyl (C=O) groups excluding carboxylic acids is 1. The molecule has 1 amide bonds. The molecule has 1 aromatic rings. The number of piperidine rings is 1. The molecule has 1 heterocycles. The summed E-state index contributed by atoms with van der Waals surface area (Å²) >= 11 is 5.96. The number of hydrogen-bond acceptors (Lipinski definition) is 3. The maximum absolute atomic E-state index is 11.7. The van der Waals surface area contributed by atoms with E-state index in [0.717, 1.165) is 31.5 Å². The predicted octanol–water partition coefficient (Wildman–Crippen LogP) is 2.56. The third-order valence-electron chi connectivity index (χ3n) is 4.33. The number of benzene rings is 1. The maximum Gasteiger partial charge on any atom is 0.222 e. The van der Waals surface area contributed by atoms with Crippen LogP contribution in [0.1, 0.15) is 30.9 Å². The van der Waals surface area contributed by atoms with Crippen molar-refractivity contribution in [1.82, 2.24) is 9.80 Å². The summed E-state index contributed by atoms with van der Waals surface area (Å²) in [6.07, 6.45) is 2.15. The molecular weight excluding hydrogens is 300 g/mol. The predicted molar refractivity (Wildman–Crippen MR) is 88.9 cm³/mol. The van der Waals surface area contributed by atoms with Gasteiger partial charge < -0.3 is 14.9 Å². The lowest BCUT2D eigenvalue weighted by Gasteiger charge is -2.33. The third-order valence-corrected chi connectivity index (χ3v) is 4.57. The molecule has 0 saturated carbocycles. The summed E-state index contributed by atoms with van der Waals surface area (Å²) in [4.78, 5) is 15.7. The first-order valence-corrected chi connectivity index (χ1v) is 8.19. The Bertz CT molecular complexity index is 499. The maximum atomic E-state index is 11.7. The van der Waals surface area contributed by atoms with Gasteiger partial charge in [0.15, 0.2) is 0 Å². The number of aliphatic hydroxyl groups excluding tert-OH is 1. The van der Waals surface area contributed by atoms with Crippen LogP contribution in [-0.2, 0) is 4.79 Å². The van der Waals surface area contributed by atoms with E-state index in [1.54, 1.807) is 19.0 Å². The molecule has 1 fully saturated rings. The van der Waals surface area contributed by atoms with E-state index in [-0.39, 0.29) is 5.91 Å². The molecule has 1 aromatic carbocycles. The smallest absolute Gasteiger partial charge is 0.222 e. The van der Waals surface area contributed by atoms with Gasteiger partial charge in [0.1, 0.15) is 0 Å². The molecule has 0 spiro atoms. The van der Waals surface area contributed by atoms with Crippen molar-refractivity contribution in [2.45, 2.75) is 25.4 Å². The molecule has 122 valence electrons. The molecule has 0 bridgehead atoms. The highest BCUT2D eigenvalue weighted by molar-refractivity contribution is 6.30. The number of carbonyl (C=O) groups is 1. The fourth-order valence-electron chi connectivity index (χ4n) is 2.87. The minimum atomic E-state index is -0.515. The largest absolute Gasteiger partial charge is 0.387 e. The van der Waals surface area contributed by atoms with Crippen LogP contribution in [0, 0.1) is 5.92 Å². The van der Waals surface area contributed by atoms with Gasteiger partial charge in [0.2, 0.25) is 5.91 Å².